The van der Waals surface area contributed by atoms with Gasteiger partial charge in [-0.15, -0.1) is 0 Å². The van der Waals surface area contributed by atoms with Gasteiger partial charge in [0.15, 0.2) is 0 Å². The van der Waals surface area contributed by atoms with Crippen LogP contribution in [0.2, 0.25) is 0 Å². The van der Waals surface area contributed by atoms with Gasteiger partial charge in [-0.25, -0.2) is 0 Å². The topological polar surface area (TPSA) is 121 Å². The van der Waals surface area contributed by atoms with Crippen LogP contribution < -0.4 is 0 Å². The lowest BCUT2D eigenvalue weighted by Crippen LogP contribution is -2.46. The first-order valence-corrected chi connectivity index (χ1v) is 7.23. The van der Waals surface area contributed by atoms with Crippen molar-refractivity contribution in [2.45, 2.75) is 44.2 Å². The molecule has 0 aromatic heterocycles. The number of hydrogen-bond acceptors (Lipinski definition) is 6. The molecule has 4 atom stereocenters. The average Bonchev–Trinajstić information content (AvgIpc) is 2.53. The SMILES string of the molecule is CCCc1ccc(C=C(O)C(O)C(O)C(O)C(O)CO)cc1. The van der Waals surface area contributed by atoms with Crippen molar-refractivity contribution in [2.24, 2.45) is 0 Å². The van der Waals surface area contributed by atoms with E-state index in [2.05, 4.69) is 6.92 Å². The van der Waals surface area contributed by atoms with E-state index in [0.717, 1.165) is 18.4 Å². The monoisotopic (exact) mass is 312 g/mol. The maximum absolute atomic E-state index is 9.81. The van der Waals surface area contributed by atoms with E-state index >= 15 is 0 Å². The Morgan fingerprint density at radius 1 is 1.05 bits per heavy atom. The summed E-state index contributed by atoms with van der Waals surface area (Å²) in [6.07, 6.45) is -3.74. The molecular weight excluding hydrogens is 288 g/mol. The van der Waals surface area contributed by atoms with E-state index in [0.29, 0.717) is 5.56 Å². The molecule has 0 spiro atoms. The van der Waals surface area contributed by atoms with Crippen molar-refractivity contribution in [3.05, 3.63) is 41.2 Å². The smallest absolute Gasteiger partial charge is 0.139 e. The zero-order valence-corrected chi connectivity index (χ0v) is 12.5. The summed E-state index contributed by atoms with van der Waals surface area (Å²) in [5.74, 6) is -0.542. The molecule has 0 aliphatic carbocycles. The van der Waals surface area contributed by atoms with E-state index in [-0.39, 0.29) is 0 Å². The Morgan fingerprint density at radius 2 is 1.64 bits per heavy atom. The van der Waals surface area contributed by atoms with Crippen LogP contribution in [0.25, 0.3) is 6.08 Å². The normalized spacial score (nSPS) is 17.8. The molecule has 6 N–H and O–H groups in total. The largest absolute Gasteiger partial charge is 0.509 e. The minimum Gasteiger partial charge on any atom is -0.509 e. The van der Waals surface area contributed by atoms with Crippen molar-refractivity contribution in [1.29, 1.82) is 0 Å². The molecule has 6 nitrogen and oxygen atoms in total. The Hall–Kier alpha value is -1.44. The Bertz CT molecular complexity index is 470. The second-order valence-corrected chi connectivity index (χ2v) is 5.24. The van der Waals surface area contributed by atoms with Crippen LogP contribution in [-0.2, 0) is 6.42 Å². The lowest BCUT2D eigenvalue weighted by atomic mass is 10.0. The van der Waals surface area contributed by atoms with E-state index in [4.69, 9.17) is 5.11 Å². The molecule has 0 amide bonds. The fourth-order valence-corrected chi connectivity index (χ4v) is 2.02. The van der Waals surface area contributed by atoms with Gasteiger partial charge < -0.3 is 30.6 Å². The van der Waals surface area contributed by atoms with Gasteiger partial charge in [0, 0.05) is 0 Å². The Kier molecular flexibility index (Phi) is 7.50. The zero-order valence-electron chi connectivity index (χ0n) is 12.5. The summed E-state index contributed by atoms with van der Waals surface area (Å²) >= 11 is 0. The fraction of sp³-hybridized carbons (Fsp3) is 0.500. The molecular formula is C16H24O6. The molecule has 0 heterocycles. The van der Waals surface area contributed by atoms with E-state index in [1.807, 2.05) is 12.1 Å². The van der Waals surface area contributed by atoms with Gasteiger partial charge in [-0.05, 0) is 23.6 Å². The Balaban J connectivity index is 2.78. The predicted molar refractivity (Wildman–Crippen MR) is 82.2 cm³/mol. The number of hydrogen-bond donors (Lipinski definition) is 6. The molecule has 1 rings (SSSR count). The molecule has 22 heavy (non-hydrogen) atoms. The number of rotatable bonds is 8. The maximum Gasteiger partial charge on any atom is 0.139 e. The summed E-state index contributed by atoms with van der Waals surface area (Å²) < 4.78 is 0. The summed E-state index contributed by atoms with van der Waals surface area (Å²) in [6, 6.07) is 7.32. The van der Waals surface area contributed by atoms with Crippen LogP contribution in [0.5, 0.6) is 0 Å². The molecule has 1 aromatic carbocycles. The van der Waals surface area contributed by atoms with Gasteiger partial charge in [0.25, 0.3) is 0 Å². The maximum atomic E-state index is 9.81. The highest BCUT2D eigenvalue weighted by atomic mass is 16.4. The Morgan fingerprint density at radius 3 is 2.14 bits per heavy atom. The number of aliphatic hydroxyl groups is 6. The summed E-state index contributed by atoms with van der Waals surface area (Å²) in [7, 11) is 0. The highest BCUT2D eigenvalue weighted by Crippen LogP contribution is 2.15. The van der Waals surface area contributed by atoms with Crippen LogP contribution in [0.4, 0.5) is 0 Å². The number of aliphatic hydroxyl groups excluding tert-OH is 6. The highest BCUT2D eigenvalue weighted by Gasteiger charge is 2.32. The quantitative estimate of drug-likeness (QED) is 0.375. The second kappa shape index (κ2) is 8.87. The van der Waals surface area contributed by atoms with Crippen LogP contribution >= 0.6 is 0 Å². The third-order valence-corrected chi connectivity index (χ3v) is 3.39. The van der Waals surface area contributed by atoms with E-state index in [1.165, 1.54) is 6.08 Å². The highest BCUT2D eigenvalue weighted by molar-refractivity contribution is 5.52. The molecule has 0 saturated carbocycles. The van der Waals surface area contributed by atoms with Gasteiger partial charge >= 0.3 is 0 Å². The van der Waals surface area contributed by atoms with Crippen LogP contribution in [-0.4, -0.2) is 61.7 Å². The number of benzene rings is 1. The van der Waals surface area contributed by atoms with Crippen LogP contribution in [0.15, 0.2) is 30.0 Å². The van der Waals surface area contributed by atoms with Crippen LogP contribution in [0, 0.1) is 0 Å². The van der Waals surface area contributed by atoms with Crippen molar-refractivity contribution >= 4 is 6.08 Å². The molecule has 4 unspecified atom stereocenters. The first-order chi connectivity index (χ1) is 10.4. The van der Waals surface area contributed by atoms with Crippen molar-refractivity contribution < 1.29 is 30.6 Å². The number of aryl methyl sites for hydroxylation is 1. The second-order valence-electron chi connectivity index (χ2n) is 5.24. The van der Waals surface area contributed by atoms with Crippen molar-refractivity contribution in [3.8, 4) is 0 Å². The molecule has 124 valence electrons. The Labute approximate surface area is 129 Å². The summed E-state index contributed by atoms with van der Waals surface area (Å²) in [6.45, 7) is 1.30. The molecule has 1 aromatic rings. The fourth-order valence-electron chi connectivity index (χ4n) is 2.02. The van der Waals surface area contributed by atoms with Crippen molar-refractivity contribution in [2.75, 3.05) is 6.61 Å². The summed E-state index contributed by atoms with van der Waals surface area (Å²) in [5, 5.41) is 56.7. The van der Waals surface area contributed by atoms with Gasteiger partial charge in [-0.2, -0.15) is 0 Å². The van der Waals surface area contributed by atoms with Crippen LogP contribution in [0.1, 0.15) is 24.5 Å². The molecule has 0 aliphatic heterocycles. The van der Waals surface area contributed by atoms with Gasteiger partial charge in [0.05, 0.1) is 6.61 Å². The lowest BCUT2D eigenvalue weighted by molar-refractivity contribution is -0.112. The molecule has 0 saturated heterocycles. The molecule has 0 fully saturated rings. The molecule has 6 heteroatoms. The first-order valence-electron chi connectivity index (χ1n) is 7.23. The minimum atomic E-state index is -1.82. The summed E-state index contributed by atoms with van der Waals surface area (Å²) in [4.78, 5) is 0. The molecule has 0 bridgehead atoms. The van der Waals surface area contributed by atoms with Gasteiger partial charge in [0.2, 0.25) is 0 Å². The lowest BCUT2D eigenvalue weighted by Gasteiger charge is -2.25. The molecule has 0 aliphatic rings. The van der Waals surface area contributed by atoms with Crippen molar-refractivity contribution in [3.63, 3.8) is 0 Å². The van der Waals surface area contributed by atoms with Gasteiger partial charge in [-0.3, -0.25) is 0 Å². The molecule has 0 radical (unpaired) electrons. The average molecular weight is 312 g/mol. The van der Waals surface area contributed by atoms with E-state index < -0.39 is 36.8 Å². The van der Waals surface area contributed by atoms with Gasteiger partial charge in [-0.1, -0.05) is 37.6 Å². The third kappa shape index (κ3) is 5.08. The van der Waals surface area contributed by atoms with Crippen LogP contribution in [0.3, 0.4) is 0 Å². The first kappa shape index (κ1) is 18.6. The van der Waals surface area contributed by atoms with Gasteiger partial charge in [0.1, 0.15) is 30.2 Å². The third-order valence-electron chi connectivity index (χ3n) is 3.39. The summed E-state index contributed by atoms with van der Waals surface area (Å²) in [5.41, 5.74) is 1.78. The standard InChI is InChI=1S/C16H24O6/c1-2-3-10-4-6-11(7-5-10)8-12(18)14(20)16(22)15(21)13(19)9-17/h4-8,13-22H,2-3,9H2,1H3. The predicted octanol–water partition coefficient (Wildman–Crippen LogP) is -0.0261. The minimum absolute atomic E-state index is 0.542. The van der Waals surface area contributed by atoms with E-state index in [1.54, 1.807) is 12.1 Å². The zero-order chi connectivity index (χ0) is 16.7. The van der Waals surface area contributed by atoms with Crippen molar-refractivity contribution in [1.82, 2.24) is 0 Å². The van der Waals surface area contributed by atoms with E-state index in [9.17, 15) is 25.5 Å².